The number of aliphatic hydroxyl groups excluding tert-OH is 1. The molecule has 9 heteroatoms. The molecule has 0 bridgehead atoms. The summed E-state index contributed by atoms with van der Waals surface area (Å²) in [4.78, 5) is 21.0. The van der Waals surface area contributed by atoms with Crippen molar-refractivity contribution in [3.63, 3.8) is 0 Å². The van der Waals surface area contributed by atoms with Gasteiger partial charge in [-0.3, -0.25) is 14.6 Å². The Labute approximate surface area is 184 Å². The molecular weight excluding hydrogens is 419 g/mol. The molecule has 2 N–H and O–H groups in total. The Hall–Kier alpha value is -2.59. The predicted octanol–water partition coefficient (Wildman–Crippen LogP) is 2.43. The highest BCUT2D eigenvalue weighted by Gasteiger charge is 2.21. The number of β-amino-alcohol motifs (C(OH)–C–C–N with tert-alkyl or cyclic N) is 1. The number of carbonyl (C=O) groups is 1. The van der Waals surface area contributed by atoms with E-state index in [1.807, 2.05) is 24.3 Å². The molecule has 3 aromatic rings. The van der Waals surface area contributed by atoms with E-state index in [-0.39, 0.29) is 18.3 Å². The first kappa shape index (κ1) is 21.6. The van der Waals surface area contributed by atoms with Crippen LogP contribution in [0.3, 0.4) is 0 Å². The van der Waals surface area contributed by atoms with Crippen molar-refractivity contribution in [2.75, 3.05) is 51.2 Å². The van der Waals surface area contributed by atoms with Crippen LogP contribution in [0.15, 0.2) is 48.5 Å². The van der Waals surface area contributed by atoms with Crippen molar-refractivity contribution in [1.82, 2.24) is 14.8 Å². The molecule has 1 unspecified atom stereocenters. The number of nitrogens with zero attached hydrogens (tertiary/aromatic N) is 3. The SMILES string of the molecule is O=C(CN1CCN(CC(O)COc2ccccc2F)CC1)Nc1nc2ccccc2s1. The number of nitrogens with one attached hydrogen (secondary N) is 1. The van der Waals surface area contributed by atoms with Crippen LogP contribution in [0.25, 0.3) is 10.2 Å². The summed E-state index contributed by atoms with van der Waals surface area (Å²) < 4.78 is 20.0. The average Bonchev–Trinajstić information content (AvgIpc) is 3.16. The van der Waals surface area contributed by atoms with Gasteiger partial charge in [0.2, 0.25) is 5.91 Å². The molecule has 1 amide bonds. The van der Waals surface area contributed by atoms with Gasteiger partial charge in [-0.2, -0.15) is 0 Å². The van der Waals surface area contributed by atoms with Crippen LogP contribution in [-0.2, 0) is 4.79 Å². The summed E-state index contributed by atoms with van der Waals surface area (Å²) in [6.07, 6.45) is -0.714. The van der Waals surface area contributed by atoms with Crippen LogP contribution in [0, 0.1) is 5.82 Å². The lowest BCUT2D eigenvalue weighted by Crippen LogP contribution is -2.50. The van der Waals surface area contributed by atoms with Crippen LogP contribution in [0.1, 0.15) is 0 Å². The van der Waals surface area contributed by atoms with Crippen molar-refractivity contribution < 1.29 is 19.0 Å². The summed E-state index contributed by atoms with van der Waals surface area (Å²) in [5.41, 5.74) is 0.883. The Balaban J connectivity index is 1.17. The fourth-order valence-corrected chi connectivity index (χ4v) is 4.40. The molecule has 164 valence electrons. The van der Waals surface area contributed by atoms with Crippen molar-refractivity contribution >= 4 is 32.6 Å². The van der Waals surface area contributed by atoms with Gasteiger partial charge in [-0.25, -0.2) is 9.37 Å². The van der Waals surface area contributed by atoms with E-state index in [2.05, 4.69) is 20.1 Å². The van der Waals surface area contributed by atoms with Crippen LogP contribution in [0.2, 0.25) is 0 Å². The number of ether oxygens (including phenoxy) is 1. The minimum absolute atomic E-state index is 0.0335. The minimum Gasteiger partial charge on any atom is -0.488 e. The number of benzene rings is 2. The molecule has 1 atom stereocenters. The van der Waals surface area contributed by atoms with Gasteiger partial charge in [0, 0.05) is 32.7 Å². The maximum atomic E-state index is 13.6. The third kappa shape index (κ3) is 5.98. The summed E-state index contributed by atoms with van der Waals surface area (Å²) in [7, 11) is 0. The normalized spacial score (nSPS) is 16.3. The number of anilines is 1. The molecule has 31 heavy (non-hydrogen) atoms. The molecule has 0 saturated carbocycles. The van der Waals surface area contributed by atoms with E-state index in [0.29, 0.717) is 18.2 Å². The largest absolute Gasteiger partial charge is 0.488 e. The van der Waals surface area contributed by atoms with Crippen molar-refractivity contribution in [2.45, 2.75) is 6.10 Å². The van der Waals surface area contributed by atoms with Gasteiger partial charge in [0.25, 0.3) is 0 Å². The van der Waals surface area contributed by atoms with Crippen LogP contribution in [-0.4, -0.2) is 77.8 Å². The lowest BCUT2D eigenvalue weighted by molar-refractivity contribution is -0.117. The van der Waals surface area contributed by atoms with E-state index < -0.39 is 11.9 Å². The first-order valence-electron chi connectivity index (χ1n) is 10.2. The summed E-state index contributed by atoms with van der Waals surface area (Å²) >= 11 is 1.47. The van der Waals surface area contributed by atoms with E-state index >= 15 is 0 Å². The first-order valence-corrected chi connectivity index (χ1v) is 11.0. The zero-order valence-corrected chi connectivity index (χ0v) is 17.9. The second kappa shape index (κ2) is 10.1. The molecule has 0 spiro atoms. The lowest BCUT2D eigenvalue weighted by Gasteiger charge is -2.35. The second-order valence-corrected chi connectivity index (χ2v) is 8.54. The Morgan fingerprint density at radius 1 is 1.13 bits per heavy atom. The number of piperazine rings is 1. The summed E-state index contributed by atoms with van der Waals surface area (Å²) in [6, 6.07) is 13.9. The monoisotopic (exact) mass is 444 g/mol. The molecule has 0 radical (unpaired) electrons. The highest BCUT2D eigenvalue weighted by Crippen LogP contribution is 2.25. The van der Waals surface area contributed by atoms with Gasteiger partial charge in [0.05, 0.1) is 16.8 Å². The first-order chi connectivity index (χ1) is 15.1. The Morgan fingerprint density at radius 3 is 2.61 bits per heavy atom. The fourth-order valence-electron chi connectivity index (χ4n) is 3.52. The molecule has 1 aromatic heterocycles. The number of aliphatic hydroxyl groups is 1. The second-order valence-electron chi connectivity index (χ2n) is 7.51. The molecule has 2 heterocycles. The summed E-state index contributed by atoms with van der Waals surface area (Å²) in [6.45, 7) is 3.73. The highest BCUT2D eigenvalue weighted by atomic mass is 32.1. The molecule has 4 rings (SSSR count). The van der Waals surface area contributed by atoms with Gasteiger partial charge in [-0.1, -0.05) is 35.6 Å². The maximum absolute atomic E-state index is 13.6. The molecule has 1 aliphatic heterocycles. The van der Waals surface area contributed by atoms with Crippen LogP contribution < -0.4 is 10.1 Å². The van der Waals surface area contributed by atoms with Gasteiger partial charge in [0.1, 0.15) is 12.7 Å². The zero-order valence-electron chi connectivity index (χ0n) is 17.0. The molecule has 7 nitrogen and oxygen atoms in total. The topological polar surface area (TPSA) is 77.9 Å². The number of hydrogen-bond acceptors (Lipinski definition) is 7. The van der Waals surface area contributed by atoms with Crippen LogP contribution in [0.4, 0.5) is 9.52 Å². The summed E-state index contributed by atoms with van der Waals surface area (Å²) in [5, 5.41) is 13.7. The average molecular weight is 445 g/mol. The van der Waals surface area contributed by atoms with Crippen LogP contribution >= 0.6 is 11.3 Å². The molecule has 2 aromatic carbocycles. The Bertz CT molecular complexity index is 990. The number of thiazole rings is 1. The van der Waals surface area contributed by atoms with E-state index in [0.717, 1.165) is 36.4 Å². The number of halogens is 1. The number of rotatable bonds is 8. The van der Waals surface area contributed by atoms with Gasteiger partial charge in [-0.15, -0.1) is 0 Å². The molecule has 1 saturated heterocycles. The molecule has 1 aliphatic rings. The predicted molar refractivity (Wildman–Crippen MR) is 119 cm³/mol. The fraction of sp³-hybridized carbons (Fsp3) is 0.364. The third-order valence-electron chi connectivity index (χ3n) is 5.11. The summed E-state index contributed by atoms with van der Waals surface area (Å²) in [5.74, 6) is -0.372. The number of para-hydroxylation sites is 2. The maximum Gasteiger partial charge on any atom is 0.240 e. The van der Waals surface area contributed by atoms with Gasteiger partial charge in [-0.05, 0) is 24.3 Å². The number of carbonyl (C=O) groups excluding carboxylic acids is 1. The van der Waals surface area contributed by atoms with E-state index in [4.69, 9.17) is 4.74 Å². The van der Waals surface area contributed by atoms with Crippen molar-refractivity contribution in [3.8, 4) is 5.75 Å². The molecule has 1 fully saturated rings. The van der Waals surface area contributed by atoms with Crippen molar-refractivity contribution in [3.05, 3.63) is 54.3 Å². The van der Waals surface area contributed by atoms with Gasteiger partial charge < -0.3 is 15.2 Å². The zero-order chi connectivity index (χ0) is 21.6. The van der Waals surface area contributed by atoms with E-state index in [1.54, 1.807) is 18.2 Å². The lowest BCUT2D eigenvalue weighted by atomic mass is 10.2. The van der Waals surface area contributed by atoms with Crippen LogP contribution in [0.5, 0.6) is 5.75 Å². The van der Waals surface area contributed by atoms with Crippen molar-refractivity contribution in [1.29, 1.82) is 0 Å². The Morgan fingerprint density at radius 2 is 1.84 bits per heavy atom. The highest BCUT2D eigenvalue weighted by molar-refractivity contribution is 7.22. The molecular formula is C22H25FN4O3S. The third-order valence-corrected chi connectivity index (χ3v) is 6.06. The van der Waals surface area contributed by atoms with Gasteiger partial charge >= 0.3 is 0 Å². The van der Waals surface area contributed by atoms with Crippen molar-refractivity contribution in [2.24, 2.45) is 0 Å². The van der Waals surface area contributed by atoms with Gasteiger partial charge in [0.15, 0.2) is 16.7 Å². The number of aromatic nitrogens is 1. The number of fused-ring (bicyclic) bond motifs is 1. The Kier molecular flexibility index (Phi) is 7.08. The smallest absolute Gasteiger partial charge is 0.240 e. The standard InChI is InChI=1S/C22H25FN4O3S/c23-17-5-1-3-7-19(17)30-15-16(28)13-26-9-11-27(12-10-26)14-21(29)25-22-24-18-6-2-4-8-20(18)31-22/h1-8,16,28H,9-15H2,(H,24,25,29). The van der Waals surface area contributed by atoms with E-state index in [1.165, 1.54) is 17.4 Å². The number of hydrogen-bond donors (Lipinski definition) is 2. The quantitative estimate of drug-likeness (QED) is 0.556. The van der Waals surface area contributed by atoms with E-state index in [9.17, 15) is 14.3 Å². The molecule has 0 aliphatic carbocycles. The number of amides is 1. The minimum atomic E-state index is -0.714.